The zero-order valence-corrected chi connectivity index (χ0v) is 10.3. The Hall–Kier alpha value is -1.46. The molecule has 1 aliphatic rings. The zero-order chi connectivity index (χ0) is 13.0. The second kappa shape index (κ2) is 5.93. The fourth-order valence-corrected chi connectivity index (χ4v) is 2.23. The fourth-order valence-electron chi connectivity index (χ4n) is 2.23. The lowest BCUT2D eigenvalue weighted by molar-refractivity contribution is -0.136. The predicted molar refractivity (Wildman–Crippen MR) is 67.6 cm³/mol. The van der Waals surface area contributed by atoms with E-state index in [0.29, 0.717) is 5.56 Å². The van der Waals surface area contributed by atoms with Crippen LogP contribution in [0.2, 0.25) is 0 Å². The first-order valence-corrected chi connectivity index (χ1v) is 6.32. The molecule has 2 heterocycles. The van der Waals surface area contributed by atoms with Gasteiger partial charge in [0.1, 0.15) is 12.1 Å². The van der Waals surface area contributed by atoms with Gasteiger partial charge in [-0.3, -0.25) is 9.78 Å². The van der Waals surface area contributed by atoms with Gasteiger partial charge in [-0.15, -0.1) is 0 Å². The summed E-state index contributed by atoms with van der Waals surface area (Å²) in [4.78, 5) is 17.8. The third kappa shape index (κ3) is 2.86. The van der Waals surface area contributed by atoms with Crippen molar-refractivity contribution in [2.45, 2.75) is 31.4 Å². The minimum atomic E-state index is -0.970. The number of aliphatic hydroxyl groups excluding tert-OH is 1. The van der Waals surface area contributed by atoms with Crippen molar-refractivity contribution in [3.05, 3.63) is 30.1 Å². The van der Waals surface area contributed by atoms with Crippen molar-refractivity contribution in [2.24, 2.45) is 5.73 Å². The standard InChI is InChI=1S/C13H19N3O2/c14-11(12(17)10-4-6-15-7-5-10)13(18)16-8-2-1-3-9-16/h4-7,11-12,17H,1-3,8-9,14H2/t11-,12-/m1/s1. The number of aromatic nitrogens is 1. The summed E-state index contributed by atoms with van der Waals surface area (Å²) >= 11 is 0. The number of pyridine rings is 1. The van der Waals surface area contributed by atoms with Crippen LogP contribution in [0.15, 0.2) is 24.5 Å². The largest absolute Gasteiger partial charge is 0.386 e. The van der Waals surface area contributed by atoms with E-state index in [9.17, 15) is 9.90 Å². The number of rotatable bonds is 3. The number of aliphatic hydroxyl groups is 1. The summed E-state index contributed by atoms with van der Waals surface area (Å²) in [5.74, 6) is -0.168. The molecule has 0 unspecified atom stereocenters. The second-order valence-electron chi connectivity index (χ2n) is 4.64. The Bertz CT molecular complexity index is 390. The van der Waals surface area contributed by atoms with Gasteiger partial charge in [0.15, 0.2) is 0 Å². The van der Waals surface area contributed by atoms with E-state index >= 15 is 0 Å². The summed E-state index contributed by atoms with van der Waals surface area (Å²) in [6.07, 6.45) is 5.38. The first-order valence-electron chi connectivity index (χ1n) is 6.32. The molecule has 5 nitrogen and oxygen atoms in total. The van der Waals surface area contributed by atoms with Crippen molar-refractivity contribution >= 4 is 5.91 Å². The molecular weight excluding hydrogens is 230 g/mol. The van der Waals surface area contributed by atoms with Gasteiger partial charge in [-0.1, -0.05) is 0 Å². The van der Waals surface area contributed by atoms with Crippen LogP contribution in [0, 0.1) is 0 Å². The van der Waals surface area contributed by atoms with E-state index in [1.807, 2.05) is 0 Å². The van der Waals surface area contributed by atoms with Crippen LogP contribution in [-0.2, 0) is 4.79 Å². The summed E-state index contributed by atoms with van der Waals surface area (Å²) in [6, 6.07) is 2.45. The van der Waals surface area contributed by atoms with Crippen LogP contribution in [0.1, 0.15) is 30.9 Å². The number of hydrogen-bond donors (Lipinski definition) is 2. The molecule has 0 radical (unpaired) electrons. The number of nitrogens with zero attached hydrogens (tertiary/aromatic N) is 2. The van der Waals surface area contributed by atoms with Crippen LogP contribution < -0.4 is 5.73 Å². The van der Waals surface area contributed by atoms with Crippen LogP contribution in [0.25, 0.3) is 0 Å². The second-order valence-corrected chi connectivity index (χ2v) is 4.64. The quantitative estimate of drug-likeness (QED) is 0.815. The van der Waals surface area contributed by atoms with Gasteiger partial charge in [0.2, 0.25) is 5.91 Å². The number of carbonyl (C=O) groups is 1. The molecule has 1 amide bonds. The van der Waals surface area contributed by atoms with Gasteiger partial charge in [0.25, 0.3) is 0 Å². The van der Waals surface area contributed by atoms with Crippen molar-refractivity contribution in [1.82, 2.24) is 9.88 Å². The van der Waals surface area contributed by atoms with Crippen molar-refractivity contribution in [3.8, 4) is 0 Å². The van der Waals surface area contributed by atoms with E-state index in [2.05, 4.69) is 4.98 Å². The number of carbonyl (C=O) groups excluding carboxylic acids is 1. The van der Waals surface area contributed by atoms with E-state index < -0.39 is 12.1 Å². The van der Waals surface area contributed by atoms with Gasteiger partial charge in [-0.25, -0.2) is 0 Å². The maximum absolute atomic E-state index is 12.1. The molecule has 0 aliphatic carbocycles. The van der Waals surface area contributed by atoms with E-state index in [0.717, 1.165) is 32.4 Å². The van der Waals surface area contributed by atoms with Crippen molar-refractivity contribution in [3.63, 3.8) is 0 Å². The molecule has 1 aromatic rings. The molecule has 0 aromatic carbocycles. The smallest absolute Gasteiger partial charge is 0.242 e. The number of likely N-dealkylation sites (tertiary alicyclic amines) is 1. The lowest BCUT2D eigenvalue weighted by Gasteiger charge is -2.30. The molecule has 98 valence electrons. The number of nitrogens with two attached hydrogens (primary N) is 1. The summed E-state index contributed by atoms with van der Waals surface area (Å²) in [5.41, 5.74) is 6.49. The van der Waals surface area contributed by atoms with Gasteiger partial charge in [-0.2, -0.15) is 0 Å². The van der Waals surface area contributed by atoms with E-state index in [4.69, 9.17) is 5.73 Å². The summed E-state index contributed by atoms with van der Waals surface area (Å²) in [6.45, 7) is 1.49. The molecule has 1 saturated heterocycles. The minimum absolute atomic E-state index is 0.168. The Morgan fingerprint density at radius 2 is 1.89 bits per heavy atom. The lowest BCUT2D eigenvalue weighted by atomic mass is 10.0. The minimum Gasteiger partial charge on any atom is -0.386 e. The third-order valence-corrected chi connectivity index (χ3v) is 3.34. The molecule has 0 bridgehead atoms. The average molecular weight is 249 g/mol. The van der Waals surface area contributed by atoms with Crippen LogP contribution in [-0.4, -0.2) is 40.0 Å². The number of hydrogen-bond acceptors (Lipinski definition) is 4. The molecule has 3 N–H and O–H groups in total. The third-order valence-electron chi connectivity index (χ3n) is 3.34. The molecule has 2 rings (SSSR count). The van der Waals surface area contributed by atoms with Crippen molar-refractivity contribution in [1.29, 1.82) is 0 Å². The monoisotopic (exact) mass is 249 g/mol. The maximum atomic E-state index is 12.1. The maximum Gasteiger partial charge on any atom is 0.242 e. The van der Waals surface area contributed by atoms with Gasteiger partial charge in [-0.05, 0) is 37.0 Å². The molecule has 0 saturated carbocycles. The molecule has 1 aliphatic heterocycles. The predicted octanol–water partition coefficient (Wildman–Crippen LogP) is 0.455. The van der Waals surface area contributed by atoms with E-state index in [-0.39, 0.29) is 5.91 Å². The van der Waals surface area contributed by atoms with Crippen molar-refractivity contribution in [2.75, 3.05) is 13.1 Å². The van der Waals surface area contributed by atoms with Gasteiger partial charge < -0.3 is 15.7 Å². The van der Waals surface area contributed by atoms with E-state index in [1.165, 1.54) is 0 Å². The Labute approximate surface area is 107 Å². The molecular formula is C13H19N3O2. The SMILES string of the molecule is N[C@@H](C(=O)N1CCCCC1)[C@H](O)c1ccncc1. The highest BCUT2D eigenvalue weighted by atomic mass is 16.3. The lowest BCUT2D eigenvalue weighted by Crippen LogP contribution is -2.48. The van der Waals surface area contributed by atoms with E-state index in [1.54, 1.807) is 29.4 Å². The molecule has 2 atom stereocenters. The normalized spacial score (nSPS) is 19.3. The Balaban J connectivity index is 2.01. The van der Waals surface area contributed by atoms with Gasteiger partial charge in [0.05, 0.1) is 0 Å². The van der Waals surface area contributed by atoms with Crippen LogP contribution in [0.4, 0.5) is 0 Å². The Kier molecular flexibility index (Phi) is 4.28. The Morgan fingerprint density at radius 1 is 1.28 bits per heavy atom. The topological polar surface area (TPSA) is 79.5 Å². The summed E-state index contributed by atoms with van der Waals surface area (Å²) in [7, 11) is 0. The van der Waals surface area contributed by atoms with Gasteiger partial charge >= 0.3 is 0 Å². The molecule has 5 heteroatoms. The van der Waals surface area contributed by atoms with Crippen LogP contribution >= 0.6 is 0 Å². The first-order chi connectivity index (χ1) is 8.70. The average Bonchev–Trinajstić information content (AvgIpc) is 2.47. The number of piperidine rings is 1. The molecule has 1 aromatic heterocycles. The highest BCUT2D eigenvalue weighted by Gasteiger charge is 2.28. The van der Waals surface area contributed by atoms with Gasteiger partial charge in [0, 0.05) is 25.5 Å². The Morgan fingerprint density at radius 3 is 2.50 bits per heavy atom. The fraction of sp³-hybridized carbons (Fsp3) is 0.538. The number of amides is 1. The van der Waals surface area contributed by atoms with Crippen molar-refractivity contribution < 1.29 is 9.90 Å². The zero-order valence-electron chi connectivity index (χ0n) is 10.3. The molecule has 18 heavy (non-hydrogen) atoms. The van der Waals surface area contributed by atoms with Crippen LogP contribution in [0.5, 0.6) is 0 Å². The molecule has 1 fully saturated rings. The summed E-state index contributed by atoms with van der Waals surface area (Å²) in [5, 5.41) is 10.1. The first kappa shape index (κ1) is 13.0. The summed E-state index contributed by atoms with van der Waals surface area (Å²) < 4.78 is 0. The molecule has 0 spiro atoms. The highest BCUT2D eigenvalue weighted by molar-refractivity contribution is 5.82. The highest BCUT2D eigenvalue weighted by Crippen LogP contribution is 2.18. The van der Waals surface area contributed by atoms with Crippen LogP contribution in [0.3, 0.4) is 0 Å².